The van der Waals surface area contributed by atoms with Crippen molar-refractivity contribution >= 4 is 55.2 Å². The molecule has 0 aliphatic carbocycles. The van der Waals surface area contributed by atoms with Crippen LogP contribution in [0.3, 0.4) is 0 Å². The maximum Gasteiger partial charge on any atom is 0.320 e. The van der Waals surface area contributed by atoms with E-state index in [1.165, 1.54) is 18.2 Å². The summed E-state index contributed by atoms with van der Waals surface area (Å²) in [4.78, 5) is 31.0. The van der Waals surface area contributed by atoms with Crippen LogP contribution in [0.25, 0.3) is 0 Å². The minimum absolute atomic E-state index is 0.0699. The zero-order valence-corrected chi connectivity index (χ0v) is 23.3. The van der Waals surface area contributed by atoms with E-state index in [1.807, 2.05) is 30.3 Å². The Morgan fingerprint density at radius 3 is 2.22 bits per heavy atom. The van der Waals surface area contributed by atoms with Crippen molar-refractivity contribution in [2.75, 3.05) is 37.9 Å². The molecule has 8 nitrogen and oxygen atoms in total. The summed E-state index contributed by atoms with van der Waals surface area (Å²) in [5.41, 5.74) is 1.52. The number of benzene rings is 3. The van der Waals surface area contributed by atoms with E-state index in [-0.39, 0.29) is 27.4 Å². The second kappa shape index (κ2) is 11.5. The molecule has 0 atom stereocenters. The summed E-state index contributed by atoms with van der Waals surface area (Å²) in [6.45, 7) is 1.85. The molecule has 0 bridgehead atoms. The Morgan fingerprint density at radius 2 is 1.57 bits per heavy atom. The van der Waals surface area contributed by atoms with Crippen LogP contribution in [0.5, 0.6) is 0 Å². The number of amides is 3. The van der Waals surface area contributed by atoms with Crippen molar-refractivity contribution in [3.63, 3.8) is 0 Å². The zero-order valence-electron chi connectivity index (χ0n) is 20.1. The van der Waals surface area contributed by atoms with Gasteiger partial charge in [0.05, 0.1) is 15.5 Å². The highest BCUT2D eigenvalue weighted by Gasteiger charge is 2.28. The third kappa shape index (κ3) is 6.63. The van der Waals surface area contributed by atoms with E-state index in [4.69, 9.17) is 11.6 Å². The Labute approximate surface area is 230 Å². The van der Waals surface area contributed by atoms with Gasteiger partial charge in [-0.3, -0.25) is 9.52 Å². The highest BCUT2D eigenvalue weighted by molar-refractivity contribution is 9.10. The molecule has 11 heteroatoms. The Hall–Kier alpha value is -3.08. The molecular formula is C26H26BrClN4O4S. The van der Waals surface area contributed by atoms with E-state index in [0.29, 0.717) is 38.4 Å². The Kier molecular flexibility index (Phi) is 8.41. The van der Waals surface area contributed by atoms with E-state index >= 15 is 0 Å². The number of piperazine rings is 1. The Bertz CT molecular complexity index is 1380. The van der Waals surface area contributed by atoms with Crippen LogP contribution >= 0.6 is 27.5 Å². The molecule has 1 heterocycles. The molecule has 0 aromatic heterocycles. The van der Waals surface area contributed by atoms with E-state index in [2.05, 4.69) is 20.7 Å². The van der Waals surface area contributed by atoms with Gasteiger partial charge in [0.2, 0.25) is 0 Å². The zero-order chi connectivity index (χ0) is 26.6. The second-order valence-electron chi connectivity index (χ2n) is 8.66. The molecule has 1 aliphatic heterocycles. The first-order chi connectivity index (χ1) is 17.6. The standard InChI is InChI=1S/C26H26BrClN4O4S/c1-30(18-19-5-3-2-4-6-19)26(34)32-15-13-31(14-16-32)25(33)23-17-22(11-12-24(23)28)37(35,36)29-21-9-7-20(27)8-10-21/h2-12,17,29H,13-16,18H2,1H3. The SMILES string of the molecule is CN(Cc1ccccc1)C(=O)N1CCN(C(=O)c2cc(S(=O)(=O)Nc3ccc(Br)cc3)ccc2Cl)CC1. The molecule has 1 fully saturated rings. The molecule has 194 valence electrons. The molecule has 3 amide bonds. The number of nitrogens with one attached hydrogen (secondary N) is 1. The normalized spacial score (nSPS) is 13.8. The highest BCUT2D eigenvalue weighted by atomic mass is 79.9. The van der Waals surface area contributed by atoms with Crippen molar-refractivity contribution in [1.29, 1.82) is 0 Å². The van der Waals surface area contributed by atoms with Gasteiger partial charge in [0.1, 0.15) is 0 Å². The lowest BCUT2D eigenvalue weighted by Crippen LogP contribution is -2.53. The number of urea groups is 1. The van der Waals surface area contributed by atoms with Gasteiger partial charge in [-0.25, -0.2) is 13.2 Å². The third-order valence-corrected chi connectivity index (χ3v) is 8.24. The summed E-state index contributed by atoms with van der Waals surface area (Å²) in [5, 5.41) is 0.161. The van der Waals surface area contributed by atoms with Crippen LogP contribution in [-0.2, 0) is 16.6 Å². The number of carbonyl (C=O) groups is 2. The lowest BCUT2D eigenvalue weighted by Gasteiger charge is -2.36. The van der Waals surface area contributed by atoms with Crippen LogP contribution in [0.1, 0.15) is 15.9 Å². The van der Waals surface area contributed by atoms with Crippen molar-refractivity contribution in [2.24, 2.45) is 0 Å². The van der Waals surface area contributed by atoms with Gasteiger partial charge in [0.15, 0.2) is 0 Å². The van der Waals surface area contributed by atoms with E-state index in [1.54, 1.807) is 46.0 Å². The quantitative estimate of drug-likeness (QED) is 0.432. The number of sulfonamides is 1. The van der Waals surface area contributed by atoms with Crippen LogP contribution in [0.2, 0.25) is 5.02 Å². The van der Waals surface area contributed by atoms with Crippen molar-refractivity contribution in [1.82, 2.24) is 14.7 Å². The van der Waals surface area contributed by atoms with Crippen LogP contribution < -0.4 is 4.72 Å². The number of nitrogens with zero attached hydrogens (tertiary/aromatic N) is 3. The average Bonchev–Trinajstić information content (AvgIpc) is 2.90. The largest absolute Gasteiger partial charge is 0.335 e. The van der Waals surface area contributed by atoms with Gasteiger partial charge in [-0.2, -0.15) is 0 Å². The fraction of sp³-hybridized carbons (Fsp3) is 0.231. The summed E-state index contributed by atoms with van der Waals surface area (Å²) in [6.07, 6.45) is 0. The number of anilines is 1. The molecule has 1 N–H and O–H groups in total. The highest BCUT2D eigenvalue weighted by Crippen LogP contribution is 2.25. The Balaban J connectivity index is 1.40. The summed E-state index contributed by atoms with van der Waals surface area (Å²) in [5.74, 6) is -0.379. The number of halogens is 2. The predicted molar refractivity (Wildman–Crippen MR) is 147 cm³/mol. The maximum atomic E-state index is 13.3. The topological polar surface area (TPSA) is 90.0 Å². The second-order valence-corrected chi connectivity index (χ2v) is 11.7. The monoisotopic (exact) mass is 604 g/mol. The van der Waals surface area contributed by atoms with Crippen LogP contribution in [-0.4, -0.2) is 68.3 Å². The van der Waals surface area contributed by atoms with Crippen LogP contribution in [0, 0.1) is 0 Å². The first-order valence-electron chi connectivity index (χ1n) is 11.6. The Morgan fingerprint density at radius 1 is 0.946 bits per heavy atom. The molecule has 4 rings (SSSR count). The molecule has 3 aromatic carbocycles. The predicted octanol–water partition coefficient (Wildman–Crippen LogP) is 4.91. The summed E-state index contributed by atoms with van der Waals surface area (Å²) >= 11 is 9.61. The number of hydrogen-bond acceptors (Lipinski definition) is 4. The maximum absolute atomic E-state index is 13.3. The number of carbonyl (C=O) groups excluding carboxylic acids is 2. The van der Waals surface area contributed by atoms with Gasteiger partial charge in [0, 0.05) is 49.9 Å². The van der Waals surface area contributed by atoms with E-state index in [0.717, 1.165) is 10.0 Å². The first kappa shape index (κ1) is 27.0. The minimum Gasteiger partial charge on any atom is -0.335 e. The van der Waals surface area contributed by atoms with Crippen molar-refractivity contribution in [3.05, 3.63) is 93.4 Å². The van der Waals surface area contributed by atoms with Gasteiger partial charge in [-0.1, -0.05) is 57.9 Å². The molecule has 3 aromatic rings. The fourth-order valence-corrected chi connectivity index (χ4v) is 5.55. The molecule has 1 aliphatic rings. The number of hydrogen-bond donors (Lipinski definition) is 1. The molecule has 0 saturated carbocycles. The average molecular weight is 606 g/mol. The van der Waals surface area contributed by atoms with Gasteiger partial charge < -0.3 is 14.7 Å². The lowest BCUT2D eigenvalue weighted by molar-refractivity contribution is 0.0644. The van der Waals surface area contributed by atoms with Crippen LogP contribution in [0.4, 0.5) is 10.5 Å². The molecular weight excluding hydrogens is 580 g/mol. The first-order valence-corrected chi connectivity index (χ1v) is 14.2. The fourth-order valence-electron chi connectivity index (χ4n) is 4.00. The van der Waals surface area contributed by atoms with E-state index < -0.39 is 10.0 Å². The summed E-state index contributed by atoms with van der Waals surface area (Å²) in [6, 6.07) is 20.4. The summed E-state index contributed by atoms with van der Waals surface area (Å²) < 4.78 is 29.2. The van der Waals surface area contributed by atoms with Gasteiger partial charge >= 0.3 is 6.03 Å². The lowest BCUT2D eigenvalue weighted by atomic mass is 10.1. The number of rotatable bonds is 6. The molecule has 0 radical (unpaired) electrons. The van der Waals surface area contributed by atoms with Gasteiger partial charge in [0.25, 0.3) is 15.9 Å². The molecule has 0 unspecified atom stereocenters. The van der Waals surface area contributed by atoms with Crippen molar-refractivity contribution in [2.45, 2.75) is 11.4 Å². The molecule has 37 heavy (non-hydrogen) atoms. The molecule has 0 spiro atoms. The van der Waals surface area contributed by atoms with Gasteiger partial charge in [-0.15, -0.1) is 0 Å². The van der Waals surface area contributed by atoms with Crippen molar-refractivity contribution in [3.8, 4) is 0 Å². The third-order valence-electron chi connectivity index (χ3n) is 6.00. The summed E-state index contributed by atoms with van der Waals surface area (Å²) in [7, 11) is -2.19. The molecule has 1 saturated heterocycles. The minimum atomic E-state index is -3.94. The smallest absolute Gasteiger partial charge is 0.320 e. The van der Waals surface area contributed by atoms with Crippen LogP contribution in [0.15, 0.2) is 82.2 Å². The van der Waals surface area contributed by atoms with E-state index in [9.17, 15) is 18.0 Å². The van der Waals surface area contributed by atoms with Crippen molar-refractivity contribution < 1.29 is 18.0 Å². The van der Waals surface area contributed by atoms with Gasteiger partial charge in [-0.05, 0) is 48.0 Å².